The van der Waals surface area contributed by atoms with Gasteiger partial charge in [-0.05, 0) is 36.8 Å². The molecule has 0 saturated heterocycles. The van der Waals surface area contributed by atoms with Crippen molar-refractivity contribution < 1.29 is 9.59 Å². The molecule has 0 heterocycles. The molecule has 0 aliphatic carbocycles. The Bertz CT molecular complexity index is 774. The van der Waals surface area contributed by atoms with Gasteiger partial charge in [0.25, 0.3) is 0 Å². The van der Waals surface area contributed by atoms with Crippen LogP contribution in [0.1, 0.15) is 18.1 Å². The number of carbonyl (C=O) groups is 2. The third-order valence-electron chi connectivity index (χ3n) is 4.07. The second kappa shape index (κ2) is 9.26. The van der Waals surface area contributed by atoms with E-state index in [1.807, 2.05) is 0 Å². The summed E-state index contributed by atoms with van der Waals surface area (Å²) in [5, 5.41) is 4.07. The predicted molar refractivity (Wildman–Crippen MR) is 106 cm³/mol. The van der Waals surface area contributed by atoms with Crippen molar-refractivity contribution >= 4 is 46.6 Å². The predicted octanol–water partition coefficient (Wildman–Crippen LogP) is 4.35. The fraction of sp³-hybridized carbons (Fsp3) is 0.263. The molecule has 0 bridgehead atoms. The van der Waals surface area contributed by atoms with E-state index in [-0.39, 0.29) is 24.8 Å². The molecule has 0 aliphatic heterocycles. The first-order valence-electron chi connectivity index (χ1n) is 8.02. The highest BCUT2D eigenvalue weighted by molar-refractivity contribution is 6.36. The molecule has 26 heavy (non-hydrogen) atoms. The quantitative estimate of drug-likeness (QED) is 0.765. The average Bonchev–Trinajstić information content (AvgIpc) is 2.62. The van der Waals surface area contributed by atoms with Gasteiger partial charge in [-0.25, -0.2) is 0 Å². The second-order valence-electron chi connectivity index (χ2n) is 5.82. The number of carbonyl (C=O) groups excluding carboxylic acids is 2. The minimum absolute atomic E-state index is 0.138. The molecule has 0 aromatic heterocycles. The topological polar surface area (TPSA) is 49.4 Å². The van der Waals surface area contributed by atoms with Gasteiger partial charge in [0.15, 0.2) is 0 Å². The molecular formula is C19H19Cl3N2O2. The molecule has 2 aromatic carbocycles. The Labute approximate surface area is 168 Å². The number of nitrogens with one attached hydrogen (secondary N) is 1. The first-order valence-corrected chi connectivity index (χ1v) is 9.15. The van der Waals surface area contributed by atoms with E-state index in [0.717, 1.165) is 5.56 Å². The Morgan fingerprint density at radius 3 is 2.15 bits per heavy atom. The maximum absolute atomic E-state index is 12.9. The highest BCUT2D eigenvalue weighted by Crippen LogP contribution is 2.27. The Kier molecular flexibility index (Phi) is 7.33. The molecule has 2 rings (SSSR count). The number of benzene rings is 2. The van der Waals surface area contributed by atoms with Crippen LogP contribution < -0.4 is 5.32 Å². The molecule has 138 valence electrons. The summed E-state index contributed by atoms with van der Waals surface area (Å²) in [4.78, 5) is 26.5. The summed E-state index contributed by atoms with van der Waals surface area (Å²) < 4.78 is 0. The van der Waals surface area contributed by atoms with Crippen molar-refractivity contribution in [3.8, 4) is 0 Å². The first kappa shape index (κ1) is 20.6. The number of hydrogen-bond acceptors (Lipinski definition) is 2. The van der Waals surface area contributed by atoms with E-state index in [0.29, 0.717) is 20.6 Å². The smallest absolute Gasteiger partial charge is 0.242 e. The van der Waals surface area contributed by atoms with Crippen LogP contribution in [0.15, 0.2) is 42.5 Å². The summed E-state index contributed by atoms with van der Waals surface area (Å²) >= 11 is 18.4. The van der Waals surface area contributed by atoms with Gasteiger partial charge in [-0.2, -0.15) is 0 Å². The Morgan fingerprint density at radius 2 is 1.62 bits per heavy atom. The Balaban J connectivity index is 2.29. The molecule has 7 heteroatoms. The molecule has 2 amide bonds. The van der Waals surface area contributed by atoms with Crippen LogP contribution in [0.5, 0.6) is 0 Å². The number of rotatable bonds is 6. The van der Waals surface area contributed by atoms with Crippen molar-refractivity contribution in [2.75, 3.05) is 7.05 Å². The standard InChI is InChI=1S/C19H19Cl3N2O2/c1-12(19(26)23-2)24(11-15-16(21)4-3-5-17(15)22)18(25)10-13-6-8-14(20)9-7-13/h3-9,12H,10-11H2,1-2H3,(H,23,26)/t12-/m0/s1. The van der Waals surface area contributed by atoms with Crippen LogP contribution in [0.25, 0.3) is 0 Å². The van der Waals surface area contributed by atoms with Crippen molar-refractivity contribution in [3.05, 3.63) is 68.7 Å². The third-order valence-corrected chi connectivity index (χ3v) is 5.03. The lowest BCUT2D eigenvalue weighted by molar-refractivity contribution is -0.139. The summed E-state index contributed by atoms with van der Waals surface area (Å²) in [5.41, 5.74) is 1.41. The zero-order chi connectivity index (χ0) is 19.3. The van der Waals surface area contributed by atoms with E-state index in [1.54, 1.807) is 49.4 Å². The zero-order valence-corrected chi connectivity index (χ0v) is 16.7. The van der Waals surface area contributed by atoms with Crippen molar-refractivity contribution in [2.45, 2.75) is 25.9 Å². The van der Waals surface area contributed by atoms with Gasteiger partial charge in [0.2, 0.25) is 11.8 Å². The fourth-order valence-corrected chi connectivity index (χ4v) is 3.17. The highest BCUT2D eigenvalue weighted by atomic mass is 35.5. The summed E-state index contributed by atoms with van der Waals surface area (Å²) in [7, 11) is 1.53. The van der Waals surface area contributed by atoms with Gasteiger partial charge < -0.3 is 10.2 Å². The highest BCUT2D eigenvalue weighted by Gasteiger charge is 2.26. The van der Waals surface area contributed by atoms with Crippen molar-refractivity contribution in [3.63, 3.8) is 0 Å². The van der Waals surface area contributed by atoms with E-state index in [2.05, 4.69) is 5.32 Å². The monoisotopic (exact) mass is 412 g/mol. The molecule has 1 atom stereocenters. The molecule has 0 fully saturated rings. The summed E-state index contributed by atoms with van der Waals surface area (Å²) in [6.07, 6.45) is 0.139. The number of nitrogens with zero attached hydrogens (tertiary/aromatic N) is 1. The molecule has 0 saturated carbocycles. The normalized spacial score (nSPS) is 11.7. The lowest BCUT2D eigenvalue weighted by Gasteiger charge is -2.29. The molecule has 0 aliphatic rings. The van der Waals surface area contributed by atoms with Gasteiger partial charge in [0.05, 0.1) is 6.42 Å². The van der Waals surface area contributed by atoms with E-state index in [9.17, 15) is 9.59 Å². The SMILES string of the molecule is CNC(=O)[C@H](C)N(Cc1c(Cl)cccc1Cl)C(=O)Cc1ccc(Cl)cc1. The molecule has 0 spiro atoms. The zero-order valence-electron chi connectivity index (χ0n) is 14.4. The second-order valence-corrected chi connectivity index (χ2v) is 7.07. The van der Waals surface area contributed by atoms with E-state index >= 15 is 0 Å². The molecular weight excluding hydrogens is 395 g/mol. The first-order chi connectivity index (χ1) is 12.3. The van der Waals surface area contributed by atoms with Gasteiger partial charge >= 0.3 is 0 Å². The van der Waals surface area contributed by atoms with Gasteiger partial charge in [-0.3, -0.25) is 9.59 Å². The summed E-state index contributed by atoms with van der Waals surface area (Å²) in [5.74, 6) is -0.475. The van der Waals surface area contributed by atoms with E-state index < -0.39 is 6.04 Å². The van der Waals surface area contributed by atoms with Gasteiger partial charge in [0.1, 0.15) is 6.04 Å². The van der Waals surface area contributed by atoms with Crippen molar-refractivity contribution in [1.29, 1.82) is 0 Å². The van der Waals surface area contributed by atoms with E-state index in [4.69, 9.17) is 34.8 Å². The molecule has 0 unspecified atom stereocenters. The third kappa shape index (κ3) is 5.13. The average molecular weight is 414 g/mol. The van der Waals surface area contributed by atoms with Crippen LogP contribution in [0.2, 0.25) is 15.1 Å². The minimum atomic E-state index is -0.674. The van der Waals surface area contributed by atoms with Crippen LogP contribution in [-0.4, -0.2) is 29.8 Å². The summed E-state index contributed by atoms with van der Waals surface area (Å²) in [6, 6.07) is 11.5. The van der Waals surface area contributed by atoms with E-state index in [1.165, 1.54) is 11.9 Å². The summed E-state index contributed by atoms with van der Waals surface area (Å²) in [6.45, 7) is 1.81. The largest absolute Gasteiger partial charge is 0.357 e. The molecule has 1 N–H and O–H groups in total. The molecule has 2 aromatic rings. The van der Waals surface area contributed by atoms with Gasteiger partial charge in [-0.1, -0.05) is 53.0 Å². The fourth-order valence-electron chi connectivity index (χ4n) is 2.52. The lowest BCUT2D eigenvalue weighted by atomic mass is 10.1. The van der Waals surface area contributed by atoms with Crippen molar-refractivity contribution in [1.82, 2.24) is 10.2 Å². The Morgan fingerprint density at radius 1 is 1.04 bits per heavy atom. The number of amides is 2. The van der Waals surface area contributed by atoms with Gasteiger partial charge in [0, 0.05) is 34.2 Å². The van der Waals surface area contributed by atoms with Crippen LogP contribution >= 0.6 is 34.8 Å². The maximum atomic E-state index is 12.9. The Hall–Kier alpha value is -1.75. The van der Waals surface area contributed by atoms with Gasteiger partial charge in [-0.15, -0.1) is 0 Å². The number of halogens is 3. The minimum Gasteiger partial charge on any atom is -0.357 e. The number of hydrogen-bond donors (Lipinski definition) is 1. The van der Waals surface area contributed by atoms with Crippen LogP contribution in [0.4, 0.5) is 0 Å². The maximum Gasteiger partial charge on any atom is 0.242 e. The van der Waals surface area contributed by atoms with Crippen molar-refractivity contribution in [2.24, 2.45) is 0 Å². The number of likely N-dealkylation sites (N-methyl/N-ethyl adjacent to an activating group) is 1. The molecule has 0 radical (unpaired) electrons. The van der Waals surface area contributed by atoms with Crippen LogP contribution in [0, 0.1) is 0 Å². The van der Waals surface area contributed by atoms with Crippen LogP contribution in [0.3, 0.4) is 0 Å². The lowest BCUT2D eigenvalue weighted by Crippen LogP contribution is -2.47. The molecule has 4 nitrogen and oxygen atoms in total. The van der Waals surface area contributed by atoms with Crippen LogP contribution in [-0.2, 0) is 22.6 Å².